The van der Waals surface area contributed by atoms with Gasteiger partial charge < -0.3 is 9.30 Å². The van der Waals surface area contributed by atoms with E-state index < -0.39 is 10.8 Å². The second-order valence-corrected chi connectivity index (χ2v) is 9.16. The van der Waals surface area contributed by atoms with Crippen LogP contribution >= 0.6 is 0 Å². The molecule has 0 unspecified atom stereocenters. The maximum absolute atomic E-state index is 13.4. The predicted molar refractivity (Wildman–Crippen MR) is 146 cm³/mol. The molecule has 0 saturated carbocycles. The monoisotopic (exact) mass is 530 g/mol. The van der Waals surface area contributed by atoms with Gasteiger partial charge in [0.25, 0.3) is 17.2 Å². The second kappa shape index (κ2) is 12.7. The summed E-state index contributed by atoms with van der Waals surface area (Å²) in [7, 11) is 0. The van der Waals surface area contributed by atoms with Crippen LogP contribution in [0.2, 0.25) is 0 Å². The van der Waals surface area contributed by atoms with Gasteiger partial charge in [-0.15, -0.1) is 0 Å². The minimum atomic E-state index is -0.685. The molecule has 0 aliphatic rings. The lowest BCUT2D eigenvalue weighted by Gasteiger charge is -2.15. The van der Waals surface area contributed by atoms with Gasteiger partial charge in [0, 0.05) is 31.0 Å². The number of nitrogens with zero attached hydrogens (tertiary/aromatic N) is 6. The normalized spacial score (nSPS) is 12.8. The van der Waals surface area contributed by atoms with Gasteiger partial charge in [-0.05, 0) is 51.8 Å². The first-order chi connectivity index (χ1) is 18.6. The maximum atomic E-state index is 13.4. The zero-order valence-electron chi connectivity index (χ0n) is 22.4. The van der Waals surface area contributed by atoms with Crippen molar-refractivity contribution in [3.8, 4) is 6.07 Å². The molecule has 3 aromatic rings. The fourth-order valence-corrected chi connectivity index (χ4v) is 4.04. The van der Waals surface area contributed by atoms with E-state index in [1.165, 1.54) is 35.6 Å². The van der Waals surface area contributed by atoms with Crippen LogP contribution in [-0.4, -0.2) is 37.5 Å². The molecule has 0 N–H and O–H groups in total. The number of aryl methyl sites for hydroxylation is 2. The van der Waals surface area contributed by atoms with Crippen LogP contribution in [0.5, 0.6) is 0 Å². The van der Waals surface area contributed by atoms with Crippen LogP contribution in [-0.2, 0) is 16.1 Å². The molecule has 0 saturated heterocycles. The summed E-state index contributed by atoms with van der Waals surface area (Å²) in [5.41, 5.74) is 1.11. The van der Waals surface area contributed by atoms with Gasteiger partial charge in [0.15, 0.2) is 5.49 Å². The number of carbonyl (C=O) groups excluding carboxylic acids is 1. The van der Waals surface area contributed by atoms with Gasteiger partial charge in [-0.2, -0.15) is 10.3 Å². The number of ether oxygens (including phenoxy) is 1. The number of carbonyl (C=O) groups is 1. The van der Waals surface area contributed by atoms with Crippen molar-refractivity contribution in [1.29, 1.82) is 5.26 Å². The van der Waals surface area contributed by atoms with Crippen LogP contribution < -0.4 is 11.0 Å². The van der Waals surface area contributed by atoms with E-state index in [2.05, 4.69) is 11.6 Å². The summed E-state index contributed by atoms with van der Waals surface area (Å²) in [6.45, 7) is 11.3. The molecule has 0 aromatic carbocycles. The molecule has 11 nitrogen and oxygen atoms in total. The Morgan fingerprint density at radius 1 is 1.38 bits per heavy atom. The van der Waals surface area contributed by atoms with E-state index in [1.807, 2.05) is 32.9 Å². The summed E-state index contributed by atoms with van der Waals surface area (Å²) >= 11 is 0. The molecule has 0 radical (unpaired) electrons. The Kier molecular flexibility index (Phi) is 9.41. The maximum Gasteiger partial charge on any atom is 0.268 e. The van der Waals surface area contributed by atoms with Crippen LogP contribution in [0.3, 0.4) is 0 Å². The fourth-order valence-electron chi connectivity index (χ4n) is 4.04. The molecule has 11 heteroatoms. The van der Waals surface area contributed by atoms with Gasteiger partial charge in [0.1, 0.15) is 17.4 Å². The molecular weight excluding hydrogens is 500 g/mol. The van der Waals surface area contributed by atoms with E-state index in [9.17, 15) is 25.0 Å². The highest BCUT2D eigenvalue weighted by atomic mass is 16.6. The molecule has 0 spiro atoms. The van der Waals surface area contributed by atoms with Gasteiger partial charge in [0.05, 0.1) is 28.4 Å². The van der Waals surface area contributed by atoms with E-state index in [0.717, 1.165) is 5.56 Å². The third kappa shape index (κ3) is 6.61. The van der Waals surface area contributed by atoms with E-state index in [-0.39, 0.29) is 58.0 Å². The Labute approximate surface area is 224 Å². The average Bonchev–Trinajstić information content (AvgIpc) is 2.88. The van der Waals surface area contributed by atoms with Crippen LogP contribution in [0.1, 0.15) is 44.7 Å². The molecule has 202 valence electrons. The van der Waals surface area contributed by atoms with Crippen LogP contribution in [0.25, 0.3) is 16.7 Å². The Morgan fingerprint density at radius 3 is 2.77 bits per heavy atom. The van der Waals surface area contributed by atoms with Crippen molar-refractivity contribution in [3.05, 3.63) is 97.6 Å². The molecule has 0 bridgehead atoms. The first-order valence-electron chi connectivity index (χ1n) is 12.4. The molecule has 0 aliphatic heterocycles. The van der Waals surface area contributed by atoms with E-state index in [1.54, 1.807) is 16.8 Å². The minimum absolute atomic E-state index is 0.00909. The summed E-state index contributed by atoms with van der Waals surface area (Å²) in [5.74, 6) is -0.685. The van der Waals surface area contributed by atoms with Crippen molar-refractivity contribution in [1.82, 2.24) is 14.0 Å². The smallest absolute Gasteiger partial charge is 0.268 e. The molecular formula is C28H30N6O5. The lowest BCUT2D eigenvalue weighted by Crippen LogP contribution is -2.30. The number of rotatable bonds is 10. The van der Waals surface area contributed by atoms with Gasteiger partial charge >= 0.3 is 0 Å². The molecule has 39 heavy (non-hydrogen) atoms. The van der Waals surface area contributed by atoms with Crippen molar-refractivity contribution in [2.75, 3.05) is 6.61 Å². The van der Waals surface area contributed by atoms with E-state index >= 15 is 0 Å². The summed E-state index contributed by atoms with van der Waals surface area (Å²) < 4.78 is 8.65. The molecule has 0 atom stereocenters. The minimum Gasteiger partial charge on any atom is -0.379 e. The van der Waals surface area contributed by atoms with Gasteiger partial charge in [-0.25, -0.2) is 4.98 Å². The highest BCUT2D eigenvalue weighted by Crippen LogP contribution is 2.15. The quantitative estimate of drug-likeness (QED) is 0.128. The highest BCUT2D eigenvalue weighted by Gasteiger charge is 2.18. The average molecular weight is 531 g/mol. The van der Waals surface area contributed by atoms with Crippen molar-refractivity contribution in [2.45, 2.75) is 53.2 Å². The Hall–Kier alpha value is -4.69. The predicted octanol–water partition coefficient (Wildman–Crippen LogP) is 3.75. The van der Waals surface area contributed by atoms with Crippen LogP contribution in [0.15, 0.2) is 70.3 Å². The molecule has 0 aliphatic carbocycles. The lowest BCUT2D eigenvalue weighted by atomic mass is 10.1. The van der Waals surface area contributed by atoms with Crippen molar-refractivity contribution >= 4 is 22.6 Å². The SMILES string of the molecule is C=C/C=C\C(=C(\C)CC(=O)N=c1c(C#N)cc2c(=O)n3cccc(C)c3nc2n1CCCOC(C)C)[N+](=O)[O-]. The van der Waals surface area contributed by atoms with E-state index in [0.29, 0.717) is 18.7 Å². The number of hydrogen-bond acceptors (Lipinski definition) is 7. The Morgan fingerprint density at radius 2 is 2.13 bits per heavy atom. The molecule has 3 heterocycles. The summed E-state index contributed by atoms with van der Waals surface area (Å²) in [4.78, 5) is 46.2. The zero-order valence-corrected chi connectivity index (χ0v) is 22.4. The zero-order chi connectivity index (χ0) is 28.7. The Balaban J connectivity index is 2.27. The highest BCUT2D eigenvalue weighted by molar-refractivity contribution is 5.81. The lowest BCUT2D eigenvalue weighted by molar-refractivity contribution is -0.420. The first-order valence-corrected chi connectivity index (χ1v) is 12.4. The van der Waals surface area contributed by atoms with Crippen LogP contribution in [0.4, 0.5) is 0 Å². The van der Waals surface area contributed by atoms with Crippen molar-refractivity contribution < 1.29 is 14.5 Å². The largest absolute Gasteiger partial charge is 0.379 e. The first kappa shape index (κ1) is 28.9. The van der Waals surface area contributed by atoms with Gasteiger partial charge in [-0.1, -0.05) is 24.8 Å². The standard InChI is InChI=1S/C28H30N6O5/c1-6-7-11-23(34(37)38)20(5)15-24(35)30-26-21(17-29)16-22-27(32(26)13-9-14-39-18(2)3)31-25-19(4)10-8-12-33(25)28(22)36/h6-8,10-12,16,18H,1,9,13-15H2,2-5H3/b11-7-,23-20+,30-26?. The third-order valence-electron chi connectivity index (χ3n) is 5.87. The number of aromatic nitrogens is 3. The summed E-state index contributed by atoms with van der Waals surface area (Å²) in [5, 5.41) is 21.6. The molecule has 3 rings (SSSR count). The van der Waals surface area contributed by atoms with Crippen molar-refractivity contribution in [3.63, 3.8) is 0 Å². The summed E-state index contributed by atoms with van der Waals surface area (Å²) in [6, 6.07) is 6.98. The topological polar surface area (TPSA) is 145 Å². The van der Waals surface area contributed by atoms with Gasteiger partial charge in [0.2, 0.25) is 0 Å². The fraction of sp³-hybridized carbons (Fsp3) is 0.321. The number of nitriles is 1. The number of pyridine rings is 2. The third-order valence-corrected chi connectivity index (χ3v) is 5.87. The number of fused-ring (bicyclic) bond motifs is 2. The number of allylic oxidation sites excluding steroid dienone is 3. The molecule has 3 aromatic heterocycles. The number of amides is 1. The van der Waals surface area contributed by atoms with Crippen LogP contribution in [0, 0.1) is 28.4 Å². The van der Waals surface area contributed by atoms with Gasteiger partial charge in [-0.3, -0.25) is 24.1 Å². The molecule has 1 amide bonds. The van der Waals surface area contributed by atoms with Crippen molar-refractivity contribution in [2.24, 2.45) is 4.99 Å². The molecule has 0 fully saturated rings. The second-order valence-electron chi connectivity index (χ2n) is 9.16. The summed E-state index contributed by atoms with van der Waals surface area (Å²) in [6.07, 6.45) is 5.83. The Bertz CT molecular complexity index is 1690. The number of nitro groups is 1. The van der Waals surface area contributed by atoms with E-state index in [4.69, 9.17) is 9.72 Å². The number of hydrogen-bond donors (Lipinski definition) is 0.